The van der Waals surface area contributed by atoms with E-state index in [1.807, 2.05) is 0 Å². The van der Waals surface area contributed by atoms with E-state index in [4.69, 9.17) is 0 Å². The Bertz CT molecular complexity index is 571. The molecular weight excluding hydrogens is 316 g/mol. The SMILES string of the molecule is CC(C)CCCCC1CCC2C3CC=C4CC(O)CC=C4C3CCC12C. The van der Waals surface area contributed by atoms with Gasteiger partial charge in [0, 0.05) is 0 Å². The third kappa shape index (κ3) is 3.34. The van der Waals surface area contributed by atoms with E-state index in [9.17, 15) is 5.11 Å². The topological polar surface area (TPSA) is 20.2 Å². The maximum Gasteiger partial charge on any atom is 0.0615 e. The highest BCUT2D eigenvalue weighted by Gasteiger charge is 2.54. The van der Waals surface area contributed by atoms with Gasteiger partial charge in [-0.05, 0) is 97.5 Å². The van der Waals surface area contributed by atoms with E-state index in [0.717, 1.165) is 42.4 Å². The number of aliphatic hydroxyl groups is 1. The van der Waals surface area contributed by atoms with Crippen molar-refractivity contribution >= 4 is 0 Å². The maximum atomic E-state index is 10.0. The van der Waals surface area contributed by atoms with Gasteiger partial charge in [0.25, 0.3) is 0 Å². The van der Waals surface area contributed by atoms with Crippen molar-refractivity contribution in [3.8, 4) is 0 Å². The van der Waals surface area contributed by atoms with Crippen molar-refractivity contribution < 1.29 is 5.11 Å². The summed E-state index contributed by atoms with van der Waals surface area (Å²) >= 11 is 0. The Morgan fingerprint density at radius 2 is 1.96 bits per heavy atom. The van der Waals surface area contributed by atoms with Crippen LogP contribution in [0.15, 0.2) is 23.3 Å². The zero-order valence-corrected chi connectivity index (χ0v) is 17.3. The quantitative estimate of drug-likeness (QED) is 0.545. The lowest BCUT2D eigenvalue weighted by Crippen LogP contribution is -2.43. The van der Waals surface area contributed by atoms with Crippen LogP contribution in [-0.4, -0.2) is 11.2 Å². The summed E-state index contributed by atoms with van der Waals surface area (Å²) in [6, 6.07) is 0. The van der Waals surface area contributed by atoms with Gasteiger partial charge in [0.15, 0.2) is 0 Å². The van der Waals surface area contributed by atoms with E-state index in [1.165, 1.54) is 63.4 Å². The van der Waals surface area contributed by atoms with Crippen molar-refractivity contribution in [2.24, 2.45) is 35.0 Å². The van der Waals surface area contributed by atoms with E-state index >= 15 is 0 Å². The van der Waals surface area contributed by atoms with Crippen molar-refractivity contribution in [3.63, 3.8) is 0 Å². The molecule has 4 aliphatic rings. The van der Waals surface area contributed by atoms with Crippen LogP contribution in [-0.2, 0) is 0 Å². The molecule has 0 saturated heterocycles. The van der Waals surface area contributed by atoms with E-state index in [1.54, 1.807) is 5.57 Å². The van der Waals surface area contributed by atoms with Crippen LogP contribution < -0.4 is 0 Å². The molecule has 146 valence electrons. The van der Waals surface area contributed by atoms with Gasteiger partial charge in [0.05, 0.1) is 6.10 Å². The summed E-state index contributed by atoms with van der Waals surface area (Å²) in [5.41, 5.74) is 3.75. The second-order valence-electron chi connectivity index (χ2n) is 10.6. The summed E-state index contributed by atoms with van der Waals surface area (Å²) in [5.74, 6) is 4.48. The molecule has 0 aromatic rings. The molecule has 0 aromatic carbocycles. The number of fused-ring (bicyclic) bond motifs is 5. The zero-order chi connectivity index (χ0) is 18.3. The maximum absolute atomic E-state index is 10.0. The summed E-state index contributed by atoms with van der Waals surface area (Å²) < 4.78 is 0. The van der Waals surface area contributed by atoms with Gasteiger partial charge in [-0.2, -0.15) is 0 Å². The molecule has 2 saturated carbocycles. The highest BCUT2D eigenvalue weighted by Crippen LogP contribution is 2.63. The van der Waals surface area contributed by atoms with Gasteiger partial charge in [-0.3, -0.25) is 0 Å². The van der Waals surface area contributed by atoms with Crippen LogP contribution in [0.2, 0.25) is 0 Å². The van der Waals surface area contributed by atoms with Crippen molar-refractivity contribution in [2.45, 2.75) is 97.5 Å². The van der Waals surface area contributed by atoms with Crippen molar-refractivity contribution in [1.29, 1.82) is 0 Å². The lowest BCUT2D eigenvalue weighted by molar-refractivity contribution is 0.0185. The molecule has 0 radical (unpaired) electrons. The minimum Gasteiger partial charge on any atom is -0.392 e. The second kappa shape index (κ2) is 7.46. The number of hydrogen-bond acceptors (Lipinski definition) is 1. The molecular formula is C25H40O. The lowest BCUT2D eigenvalue weighted by Gasteiger charge is -2.51. The van der Waals surface area contributed by atoms with Crippen LogP contribution in [0.1, 0.15) is 91.4 Å². The Morgan fingerprint density at radius 3 is 2.77 bits per heavy atom. The first-order valence-electron chi connectivity index (χ1n) is 11.6. The smallest absolute Gasteiger partial charge is 0.0615 e. The predicted octanol–water partition coefficient (Wildman–Crippen LogP) is 6.67. The summed E-state index contributed by atoms with van der Waals surface area (Å²) in [6.45, 7) is 7.38. The van der Waals surface area contributed by atoms with Crippen molar-refractivity contribution in [1.82, 2.24) is 0 Å². The van der Waals surface area contributed by atoms with Crippen LogP contribution >= 0.6 is 0 Å². The molecule has 0 bridgehead atoms. The number of hydrogen-bond donors (Lipinski definition) is 1. The fraction of sp³-hybridized carbons (Fsp3) is 0.840. The fourth-order valence-electron chi connectivity index (χ4n) is 7.25. The van der Waals surface area contributed by atoms with Crippen LogP contribution in [0.3, 0.4) is 0 Å². The zero-order valence-electron chi connectivity index (χ0n) is 17.3. The number of unbranched alkanes of at least 4 members (excludes halogenated alkanes) is 1. The largest absolute Gasteiger partial charge is 0.392 e. The summed E-state index contributed by atoms with van der Waals surface area (Å²) in [5, 5.41) is 10.0. The first-order chi connectivity index (χ1) is 12.5. The van der Waals surface area contributed by atoms with E-state index in [-0.39, 0.29) is 6.10 Å². The normalized spacial score (nSPS) is 42.0. The van der Waals surface area contributed by atoms with Crippen LogP contribution in [0.4, 0.5) is 0 Å². The Balaban J connectivity index is 1.43. The molecule has 1 heteroatoms. The van der Waals surface area contributed by atoms with Gasteiger partial charge in [-0.15, -0.1) is 0 Å². The Kier molecular flexibility index (Phi) is 5.39. The third-order valence-corrected chi connectivity index (χ3v) is 8.69. The first-order valence-corrected chi connectivity index (χ1v) is 11.6. The molecule has 2 fully saturated rings. The van der Waals surface area contributed by atoms with Crippen LogP contribution in [0, 0.1) is 35.0 Å². The van der Waals surface area contributed by atoms with Crippen molar-refractivity contribution in [2.75, 3.05) is 0 Å². The van der Waals surface area contributed by atoms with E-state index in [2.05, 4.69) is 32.9 Å². The molecule has 0 spiro atoms. The second-order valence-corrected chi connectivity index (χ2v) is 10.6. The van der Waals surface area contributed by atoms with Crippen LogP contribution in [0.5, 0.6) is 0 Å². The molecule has 4 rings (SSSR count). The minimum absolute atomic E-state index is 0.128. The molecule has 1 nitrogen and oxygen atoms in total. The predicted molar refractivity (Wildman–Crippen MR) is 110 cm³/mol. The highest BCUT2D eigenvalue weighted by molar-refractivity contribution is 5.40. The Hall–Kier alpha value is -0.560. The first kappa shape index (κ1) is 18.8. The van der Waals surface area contributed by atoms with Gasteiger partial charge >= 0.3 is 0 Å². The molecule has 0 heterocycles. The van der Waals surface area contributed by atoms with Gasteiger partial charge in [0.2, 0.25) is 0 Å². The molecule has 26 heavy (non-hydrogen) atoms. The summed E-state index contributed by atoms with van der Waals surface area (Å²) in [4.78, 5) is 0. The van der Waals surface area contributed by atoms with Crippen LogP contribution in [0.25, 0.3) is 0 Å². The molecule has 4 aliphatic carbocycles. The number of rotatable bonds is 5. The summed E-state index contributed by atoms with van der Waals surface area (Å²) in [6.07, 6.45) is 19.4. The molecule has 6 atom stereocenters. The lowest BCUT2D eigenvalue weighted by atomic mass is 9.53. The van der Waals surface area contributed by atoms with Gasteiger partial charge in [0.1, 0.15) is 0 Å². The molecule has 0 amide bonds. The standard InChI is InChI=1S/C25H40O/c1-17(2)6-4-5-7-19-9-13-24-23-11-8-18-16-20(26)10-12-21(18)22(23)14-15-25(19,24)3/h8,12,17,19-20,22-24,26H,4-7,9-11,13-16H2,1-3H3. The molecule has 0 aromatic heterocycles. The van der Waals surface area contributed by atoms with Gasteiger partial charge < -0.3 is 5.11 Å². The van der Waals surface area contributed by atoms with Gasteiger partial charge in [-0.1, -0.05) is 52.2 Å². The Labute approximate surface area is 161 Å². The van der Waals surface area contributed by atoms with Crippen molar-refractivity contribution in [3.05, 3.63) is 23.3 Å². The molecule has 6 unspecified atom stereocenters. The van der Waals surface area contributed by atoms with Gasteiger partial charge in [-0.25, -0.2) is 0 Å². The average Bonchev–Trinajstić information content (AvgIpc) is 2.94. The summed E-state index contributed by atoms with van der Waals surface area (Å²) in [7, 11) is 0. The number of allylic oxidation sites excluding steroid dienone is 2. The minimum atomic E-state index is -0.128. The monoisotopic (exact) mass is 356 g/mol. The molecule has 0 aliphatic heterocycles. The van der Waals surface area contributed by atoms with E-state index < -0.39 is 0 Å². The average molecular weight is 357 g/mol. The third-order valence-electron chi connectivity index (χ3n) is 8.69. The Morgan fingerprint density at radius 1 is 1.12 bits per heavy atom. The fourth-order valence-corrected chi connectivity index (χ4v) is 7.25. The molecule has 1 N–H and O–H groups in total. The van der Waals surface area contributed by atoms with E-state index in [0.29, 0.717) is 5.41 Å². The highest BCUT2D eigenvalue weighted by atomic mass is 16.3. The number of aliphatic hydroxyl groups excluding tert-OH is 1.